The van der Waals surface area contributed by atoms with Gasteiger partial charge in [-0.25, -0.2) is 15.0 Å². The van der Waals surface area contributed by atoms with Gasteiger partial charge in [-0.05, 0) is 41.4 Å². The zero-order valence-electron chi connectivity index (χ0n) is 37.9. The lowest BCUT2D eigenvalue weighted by atomic mass is 9.99. The summed E-state index contributed by atoms with van der Waals surface area (Å²) in [6.45, 7) is 0. The molecule has 0 unspecified atom stereocenters. The van der Waals surface area contributed by atoms with E-state index in [-0.39, 0.29) is 74.2 Å². The Kier molecular flexibility index (Phi) is 4.40. The Morgan fingerprint density at radius 1 is 0.460 bits per heavy atom. The summed E-state index contributed by atoms with van der Waals surface area (Å²) in [5, 5.41) is 2.06. The number of benzene rings is 7. The monoisotopic (exact) mass is 668 g/mol. The quantitative estimate of drug-likeness (QED) is 0.183. The Balaban J connectivity index is 1.38. The molecule has 0 aliphatic heterocycles. The second kappa shape index (κ2) is 11.6. The van der Waals surface area contributed by atoms with E-state index in [1.165, 1.54) is 10.6 Å². The zero-order valence-corrected chi connectivity index (χ0v) is 26.8. The number of aromatic nitrogens is 4. The normalized spacial score (nSPS) is 15.0. The smallest absolute Gasteiger partial charge is 0.166 e. The second-order valence-corrected chi connectivity index (χ2v) is 12.6. The van der Waals surface area contributed by atoms with Crippen LogP contribution in [0.15, 0.2) is 170 Å². The number of hydrogen-bond donors (Lipinski definition) is 0. The highest BCUT2D eigenvalue weighted by molar-refractivity contribution is 7.26. The maximum Gasteiger partial charge on any atom is 0.166 e. The Labute approximate surface area is 309 Å². The molecule has 7 aromatic carbocycles. The van der Waals surface area contributed by atoms with E-state index in [1.54, 1.807) is 47.7 Å². The van der Waals surface area contributed by atoms with Gasteiger partial charge in [0.1, 0.15) is 0 Å². The van der Waals surface area contributed by atoms with Crippen molar-refractivity contribution in [2.75, 3.05) is 0 Å². The van der Waals surface area contributed by atoms with Crippen molar-refractivity contribution in [3.8, 4) is 51.0 Å². The van der Waals surface area contributed by atoms with Crippen LogP contribution in [0.25, 0.3) is 93.0 Å². The maximum atomic E-state index is 9.29. The van der Waals surface area contributed by atoms with Crippen LogP contribution in [0.4, 0.5) is 0 Å². The number of hydrogen-bond acceptors (Lipinski definition) is 4. The van der Waals surface area contributed by atoms with Crippen LogP contribution >= 0.6 is 11.3 Å². The first-order valence-electron chi connectivity index (χ1n) is 21.7. The minimum absolute atomic E-state index is 0.00657. The molecular weight excluding hydrogens is 629 g/mol. The molecule has 0 radical (unpaired) electrons. The van der Waals surface area contributed by atoms with Crippen LogP contribution in [0.2, 0.25) is 0 Å². The molecule has 0 fully saturated rings. The van der Waals surface area contributed by atoms with Crippen LogP contribution in [0.1, 0.15) is 16.4 Å². The first-order chi connectivity index (χ1) is 29.8. The molecular formula is C45H28N4S. The molecule has 0 atom stereocenters. The van der Waals surface area contributed by atoms with Crippen molar-refractivity contribution in [1.29, 1.82) is 0 Å². The summed E-state index contributed by atoms with van der Waals surface area (Å²) in [4.78, 5) is 14.4. The van der Waals surface area contributed by atoms with Gasteiger partial charge in [0.05, 0.1) is 33.2 Å². The molecule has 50 heavy (non-hydrogen) atoms. The number of nitrogens with zero attached hydrogens (tertiary/aromatic N) is 4. The Morgan fingerprint density at radius 3 is 2.04 bits per heavy atom. The molecule has 5 heteroatoms. The lowest BCUT2D eigenvalue weighted by molar-refractivity contribution is 1.06. The molecule has 10 rings (SSSR count). The van der Waals surface area contributed by atoms with Crippen LogP contribution in [-0.2, 0) is 0 Å². The van der Waals surface area contributed by atoms with E-state index in [0.29, 0.717) is 11.1 Å². The van der Waals surface area contributed by atoms with E-state index < -0.39 is 54.4 Å². The van der Waals surface area contributed by atoms with Gasteiger partial charge >= 0.3 is 0 Å². The zero-order chi connectivity index (χ0) is 43.5. The van der Waals surface area contributed by atoms with Crippen LogP contribution in [0, 0.1) is 0 Å². The van der Waals surface area contributed by atoms with Crippen LogP contribution in [0.3, 0.4) is 0 Å². The fourth-order valence-corrected chi connectivity index (χ4v) is 7.68. The average molecular weight is 669 g/mol. The molecule has 0 aliphatic carbocycles. The maximum absolute atomic E-state index is 9.29. The molecule has 0 spiro atoms. The van der Waals surface area contributed by atoms with E-state index in [4.69, 9.17) is 23.7 Å². The van der Waals surface area contributed by atoms with Crippen molar-refractivity contribution in [2.24, 2.45) is 0 Å². The Morgan fingerprint density at radius 2 is 1.16 bits per heavy atom. The van der Waals surface area contributed by atoms with Crippen molar-refractivity contribution in [1.82, 2.24) is 19.5 Å². The Bertz CT molecular complexity index is 3540. The van der Waals surface area contributed by atoms with Crippen LogP contribution in [0.5, 0.6) is 0 Å². The van der Waals surface area contributed by atoms with Crippen molar-refractivity contribution in [3.05, 3.63) is 170 Å². The highest BCUT2D eigenvalue weighted by Gasteiger charge is 2.21. The van der Waals surface area contributed by atoms with E-state index in [0.717, 1.165) is 25.7 Å². The molecule has 0 saturated carbocycles. The summed E-state index contributed by atoms with van der Waals surface area (Å²) >= 11 is 1.62. The van der Waals surface area contributed by atoms with Crippen molar-refractivity contribution in [2.45, 2.75) is 0 Å². The van der Waals surface area contributed by atoms with Gasteiger partial charge in [-0.1, -0.05) is 139 Å². The standard InChI is InChI=1S/C45H28N4S/c1-3-14-29(15-4-1)43-46-44(30-16-5-2-6-17-30)48-45(47-43)37-27-26-31(32-21-13-22-36-35-20-9-12-25-41(35)50-42(32)36)28-40(37)49-38-23-10-7-18-33(38)34-19-8-11-24-39(34)49/h1-28H/i1D,3D,4D,7D,8D,10D,14D,15D,18D,19D,23D,24D. The minimum Gasteiger partial charge on any atom is -0.308 e. The molecule has 3 heterocycles. The van der Waals surface area contributed by atoms with Crippen molar-refractivity contribution >= 4 is 53.3 Å². The number of rotatable bonds is 5. The first-order valence-corrected chi connectivity index (χ1v) is 16.5. The van der Waals surface area contributed by atoms with Crippen LogP contribution in [-0.4, -0.2) is 19.5 Å². The fraction of sp³-hybridized carbons (Fsp3) is 0. The van der Waals surface area contributed by atoms with Gasteiger partial charge in [0, 0.05) is 47.6 Å². The third-order valence-electron chi connectivity index (χ3n) is 8.67. The fourth-order valence-electron chi connectivity index (χ4n) is 6.44. The largest absolute Gasteiger partial charge is 0.308 e. The first kappa shape index (κ1) is 18.9. The molecule has 3 aromatic heterocycles. The number of para-hydroxylation sites is 2. The highest BCUT2D eigenvalue weighted by Crippen LogP contribution is 2.42. The van der Waals surface area contributed by atoms with E-state index in [9.17, 15) is 2.74 Å². The SMILES string of the molecule is [2H]c1cc([2H])c2c(c1[2H])c1c([2H])c([2H])c([2H])c([2H])c1n2-c1cc(-c2cccc3c2sc2ccccc23)ccc1-c1nc(-c2ccccc2)nc(-c2c([2H])c([2H])c([2H])c([2H])c2[2H])n1. The van der Waals surface area contributed by atoms with Crippen LogP contribution < -0.4 is 0 Å². The topological polar surface area (TPSA) is 43.6 Å². The van der Waals surface area contributed by atoms with E-state index >= 15 is 0 Å². The average Bonchev–Trinajstić information content (AvgIpc) is 3.86. The summed E-state index contributed by atoms with van der Waals surface area (Å²) in [5.41, 5.74) is 2.32. The predicted molar refractivity (Wildman–Crippen MR) is 209 cm³/mol. The summed E-state index contributed by atoms with van der Waals surface area (Å²) in [7, 11) is 0. The molecule has 10 aromatic rings. The highest BCUT2D eigenvalue weighted by atomic mass is 32.1. The molecule has 0 N–H and O–H groups in total. The van der Waals surface area contributed by atoms with E-state index in [2.05, 4.69) is 17.1 Å². The second-order valence-electron chi connectivity index (χ2n) is 11.5. The van der Waals surface area contributed by atoms with Gasteiger partial charge in [-0.15, -0.1) is 11.3 Å². The third kappa shape index (κ3) is 4.63. The van der Waals surface area contributed by atoms with Gasteiger partial charge in [0.15, 0.2) is 17.5 Å². The molecule has 0 aliphatic rings. The summed E-state index contributed by atoms with van der Waals surface area (Å²) in [5.74, 6) is -0.124. The van der Waals surface area contributed by atoms with Crippen molar-refractivity contribution in [3.63, 3.8) is 0 Å². The summed E-state index contributed by atoms with van der Waals surface area (Å²) in [6, 6.07) is 23.9. The minimum atomic E-state index is -0.584. The lowest BCUT2D eigenvalue weighted by Crippen LogP contribution is -2.04. The van der Waals surface area contributed by atoms with Crippen molar-refractivity contribution < 1.29 is 16.4 Å². The molecule has 0 amide bonds. The number of fused-ring (bicyclic) bond motifs is 6. The van der Waals surface area contributed by atoms with Gasteiger partial charge in [-0.3, -0.25) is 0 Å². The predicted octanol–water partition coefficient (Wildman–Crippen LogP) is 12.0. The summed E-state index contributed by atoms with van der Waals surface area (Å²) in [6.07, 6.45) is 0. The Hall–Kier alpha value is -6.43. The van der Waals surface area contributed by atoms with Gasteiger partial charge in [0.25, 0.3) is 0 Å². The summed E-state index contributed by atoms with van der Waals surface area (Å²) < 4.78 is 109. The molecule has 234 valence electrons. The lowest BCUT2D eigenvalue weighted by Gasteiger charge is -2.16. The van der Waals surface area contributed by atoms with E-state index in [1.807, 2.05) is 42.5 Å². The van der Waals surface area contributed by atoms with Gasteiger partial charge < -0.3 is 4.57 Å². The number of thiophene rings is 1. The molecule has 0 saturated heterocycles. The molecule has 0 bridgehead atoms. The van der Waals surface area contributed by atoms with Gasteiger partial charge in [-0.2, -0.15) is 0 Å². The van der Waals surface area contributed by atoms with Gasteiger partial charge in [0.2, 0.25) is 0 Å². The third-order valence-corrected chi connectivity index (χ3v) is 9.89. The molecule has 4 nitrogen and oxygen atoms in total.